The molecule has 0 fully saturated rings. The maximum atomic E-state index is 10.3. The summed E-state index contributed by atoms with van der Waals surface area (Å²) >= 11 is 0. The van der Waals surface area contributed by atoms with E-state index in [0.717, 1.165) is 0 Å². The summed E-state index contributed by atoms with van der Waals surface area (Å²) in [4.78, 5) is 20.5. The maximum Gasteiger partial charge on any atom is 0.321 e. The highest BCUT2D eigenvalue weighted by Crippen LogP contribution is 1.95. The normalized spacial score (nSPS) is 14.7. The number of carboxylic acids is 2. The fourth-order valence-electron chi connectivity index (χ4n) is 0.858. The molecule has 0 bridgehead atoms. The van der Waals surface area contributed by atoms with Gasteiger partial charge in [0.05, 0.1) is 0 Å². The molecule has 6 nitrogen and oxygen atoms in total. The lowest BCUT2D eigenvalue weighted by molar-refractivity contribution is -0.139. The van der Waals surface area contributed by atoms with E-state index in [1.807, 2.05) is 0 Å². The first-order chi connectivity index (χ1) is 6.43. The van der Waals surface area contributed by atoms with Crippen molar-refractivity contribution in [2.24, 2.45) is 5.73 Å². The van der Waals surface area contributed by atoms with E-state index in [-0.39, 0.29) is 19.0 Å². The summed E-state index contributed by atoms with van der Waals surface area (Å²) in [6, 6.07) is -0.987. The summed E-state index contributed by atoms with van der Waals surface area (Å²) in [6.07, 6.45) is 0.526. The van der Waals surface area contributed by atoms with Crippen molar-refractivity contribution in [1.82, 2.24) is 5.32 Å². The number of nitrogens with two attached hydrogens (primary N) is 1. The second-order valence-electron chi connectivity index (χ2n) is 3.19. The predicted molar refractivity (Wildman–Crippen MR) is 49.9 cm³/mol. The Kier molecular flexibility index (Phi) is 5.82. The summed E-state index contributed by atoms with van der Waals surface area (Å²) < 4.78 is 0. The Morgan fingerprint density at radius 2 is 2.00 bits per heavy atom. The SMILES string of the molecule is C[C@H](CCC(=O)O)NC[C@H](N)C(=O)O. The Bertz CT molecular complexity index is 208. The number of hydrogen-bond donors (Lipinski definition) is 4. The summed E-state index contributed by atoms with van der Waals surface area (Å²) in [5.41, 5.74) is 5.24. The number of aliphatic carboxylic acids is 2. The minimum Gasteiger partial charge on any atom is -0.481 e. The molecule has 0 aromatic heterocycles. The first-order valence-electron chi connectivity index (χ1n) is 4.37. The number of rotatable bonds is 7. The lowest BCUT2D eigenvalue weighted by Crippen LogP contribution is -2.43. The highest BCUT2D eigenvalue weighted by atomic mass is 16.4. The average molecular weight is 204 g/mol. The van der Waals surface area contributed by atoms with E-state index >= 15 is 0 Å². The Labute approximate surface area is 82.1 Å². The van der Waals surface area contributed by atoms with Crippen molar-refractivity contribution >= 4 is 11.9 Å². The molecule has 14 heavy (non-hydrogen) atoms. The number of hydrogen-bond acceptors (Lipinski definition) is 4. The van der Waals surface area contributed by atoms with Crippen molar-refractivity contribution in [3.05, 3.63) is 0 Å². The number of carbonyl (C=O) groups is 2. The zero-order chi connectivity index (χ0) is 11.1. The summed E-state index contributed by atoms with van der Waals surface area (Å²) in [7, 11) is 0. The van der Waals surface area contributed by atoms with Crippen LogP contribution in [0, 0.1) is 0 Å². The van der Waals surface area contributed by atoms with E-state index in [1.54, 1.807) is 6.92 Å². The minimum absolute atomic E-state index is 0.0449. The quantitative estimate of drug-likeness (QED) is 0.433. The molecule has 0 unspecified atom stereocenters. The highest BCUT2D eigenvalue weighted by molar-refractivity contribution is 5.73. The fourth-order valence-corrected chi connectivity index (χ4v) is 0.858. The first kappa shape index (κ1) is 12.9. The molecule has 0 spiro atoms. The molecular weight excluding hydrogens is 188 g/mol. The zero-order valence-electron chi connectivity index (χ0n) is 8.06. The van der Waals surface area contributed by atoms with Crippen molar-refractivity contribution in [3.63, 3.8) is 0 Å². The van der Waals surface area contributed by atoms with Crippen molar-refractivity contribution < 1.29 is 19.8 Å². The van der Waals surface area contributed by atoms with Gasteiger partial charge in [-0.05, 0) is 13.3 Å². The average Bonchev–Trinajstić information content (AvgIpc) is 2.10. The molecule has 0 heterocycles. The van der Waals surface area contributed by atoms with Gasteiger partial charge in [0.15, 0.2) is 0 Å². The fraction of sp³-hybridized carbons (Fsp3) is 0.750. The molecular formula is C8H16N2O4. The van der Waals surface area contributed by atoms with E-state index in [4.69, 9.17) is 15.9 Å². The van der Waals surface area contributed by atoms with Gasteiger partial charge in [-0.25, -0.2) is 0 Å². The highest BCUT2D eigenvalue weighted by Gasteiger charge is 2.12. The van der Waals surface area contributed by atoms with Crippen LogP contribution in [-0.4, -0.2) is 40.8 Å². The monoisotopic (exact) mass is 204 g/mol. The molecule has 0 aliphatic heterocycles. The van der Waals surface area contributed by atoms with E-state index in [0.29, 0.717) is 6.42 Å². The van der Waals surface area contributed by atoms with Gasteiger partial charge in [0, 0.05) is 19.0 Å². The topological polar surface area (TPSA) is 113 Å². The molecule has 0 aromatic rings. The van der Waals surface area contributed by atoms with Crippen LogP contribution in [0.2, 0.25) is 0 Å². The molecule has 0 radical (unpaired) electrons. The second kappa shape index (κ2) is 6.33. The van der Waals surface area contributed by atoms with Crippen LogP contribution in [0.1, 0.15) is 19.8 Å². The smallest absolute Gasteiger partial charge is 0.321 e. The maximum absolute atomic E-state index is 10.3. The van der Waals surface area contributed by atoms with Gasteiger partial charge in [0.25, 0.3) is 0 Å². The molecule has 0 aromatic carbocycles. The van der Waals surface area contributed by atoms with Gasteiger partial charge >= 0.3 is 11.9 Å². The number of nitrogens with one attached hydrogen (secondary N) is 1. The van der Waals surface area contributed by atoms with Gasteiger partial charge in [-0.15, -0.1) is 0 Å². The van der Waals surface area contributed by atoms with E-state index < -0.39 is 18.0 Å². The van der Waals surface area contributed by atoms with Gasteiger partial charge in [-0.3, -0.25) is 9.59 Å². The largest absolute Gasteiger partial charge is 0.481 e. The number of carboxylic acid groups (broad SMARTS) is 2. The van der Waals surface area contributed by atoms with E-state index in [2.05, 4.69) is 5.32 Å². The minimum atomic E-state index is -1.07. The lowest BCUT2D eigenvalue weighted by Gasteiger charge is -2.14. The molecule has 0 rings (SSSR count). The van der Waals surface area contributed by atoms with Crippen molar-refractivity contribution in [2.45, 2.75) is 31.8 Å². The van der Waals surface area contributed by atoms with Crippen LogP contribution in [0.15, 0.2) is 0 Å². The van der Waals surface area contributed by atoms with Gasteiger partial charge in [0.2, 0.25) is 0 Å². The second-order valence-corrected chi connectivity index (χ2v) is 3.19. The van der Waals surface area contributed by atoms with Gasteiger partial charge in [-0.2, -0.15) is 0 Å². The Morgan fingerprint density at radius 3 is 2.43 bits per heavy atom. The third-order valence-corrected chi connectivity index (χ3v) is 1.79. The summed E-state index contributed by atoms with van der Waals surface area (Å²) in [5.74, 6) is -1.93. The first-order valence-corrected chi connectivity index (χ1v) is 4.37. The van der Waals surface area contributed by atoms with Crippen LogP contribution in [0.25, 0.3) is 0 Å². The van der Waals surface area contributed by atoms with Crippen molar-refractivity contribution in [2.75, 3.05) is 6.54 Å². The molecule has 0 aliphatic carbocycles. The Morgan fingerprint density at radius 1 is 1.43 bits per heavy atom. The predicted octanol–water partition coefficient (Wildman–Crippen LogP) is -0.759. The zero-order valence-corrected chi connectivity index (χ0v) is 8.06. The molecule has 2 atom stereocenters. The van der Waals surface area contributed by atoms with Gasteiger partial charge in [0.1, 0.15) is 6.04 Å². The molecule has 82 valence electrons. The van der Waals surface area contributed by atoms with Crippen LogP contribution in [0.5, 0.6) is 0 Å². The summed E-state index contributed by atoms with van der Waals surface area (Å²) in [6.45, 7) is 1.94. The molecule has 0 aliphatic rings. The van der Waals surface area contributed by atoms with Crippen molar-refractivity contribution in [1.29, 1.82) is 0 Å². The Balaban J connectivity index is 3.58. The van der Waals surface area contributed by atoms with Gasteiger partial charge < -0.3 is 21.3 Å². The lowest BCUT2D eigenvalue weighted by atomic mass is 10.2. The van der Waals surface area contributed by atoms with Crippen LogP contribution in [-0.2, 0) is 9.59 Å². The third-order valence-electron chi connectivity index (χ3n) is 1.79. The molecule has 0 saturated heterocycles. The standard InChI is InChI=1S/C8H16N2O4/c1-5(2-3-7(11)12)10-4-6(9)8(13)14/h5-6,10H,2-4,9H2,1H3,(H,11,12)(H,13,14)/t5-,6+/m1/s1. The van der Waals surface area contributed by atoms with E-state index in [9.17, 15) is 9.59 Å². The van der Waals surface area contributed by atoms with Crippen LogP contribution >= 0.6 is 0 Å². The molecule has 0 saturated carbocycles. The van der Waals surface area contributed by atoms with Crippen LogP contribution in [0.4, 0.5) is 0 Å². The van der Waals surface area contributed by atoms with Crippen molar-refractivity contribution in [3.8, 4) is 0 Å². The van der Waals surface area contributed by atoms with Gasteiger partial charge in [-0.1, -0.05) is 0 Å². The van der Waals surface area contributed by atoms with E-state index in [1.165, 1.54) is 0 Å². The molecule has 0 amide bonds. The van der Waals surface area contributed by atoms with Crippen LogP contribution in [0.3, 0.4) is 0 Å². The Hall–Kier alpha value is -1.14. The summed E-state index contributed by atoms with van der Waals surface area (Å²) in [5, 5.41) is 19.7. The molecule has 6 heteroatoms. The van der Waals surface area contributed by atoms with Crippen LogP contribution < -0.4 is 11.1 Å². The molecule has 5 N–H and O–H groups in total. The third kappa shape index (κ3) is 6.38.